The van der Waals surface area contributed by atoms with Crippen molar-refractivity contribution in [3.63, 3.8) is 0 Å². The van der Waals surface area contributed by atoms with Gasteiger partial charge in [0.05, 0.1) is 18.2 Å². The molecule has 0 radical (unpaired) electrons. The zero-order chi connectivity index (χ0) is 12.4. The maximum atomic E-state index is 6.02. The predicted octanol–water partition coefficient (Wildman–Crippen LogP) is 2.73. The SMILES string of the molecule is COc1ccc(Br)c(-n2nnnc2C(C)Cl)c1. The van der Waals surface area contributed by atoms with E-state index in [0.717, 1.165) is 15.9 Å². The second kappa shape index (κ2) is 5.01. The molecule has 17 heavy (non-hydrogen) atoms. The lowest BCUT2D eigenvalue weighted by atomic mass is 10.3. The van der Waals surface area contributed by atoms with E-state index in [1.807, 2.05) is 25.1 Å². The van der Waals surface area contributed by atoms with Crippen molar-refractivity contribution in [3.05, 3.63) is 28.5 Å². The summed E-state index contributed by atoms with van der Waals surface area (Å²) in [6.45, 7) is 1.82. The van der Waals surface area contributed by atoms with Crippen LogP contribution in [0.3, 0.4) is 0 Å². The molecule has 0 N–H and O–H groups in total. The largest absolute Gasteiger partial charge is 0.497 e. The minimum Gasteiger partial charge on any atom is -0.497 e. The van der Waals surface area contributed by atoms with E-state index in [1.54, 1.807) is 11.8 Å². The topological polar surface area (TPSA) is 52.8 Å². The molecule has 0 amide bonds. The number of aromatic nitrogens is 4. The fourth-order valence-electron chi connectivity index (χ4n) is 1.40. The first-order chi connectivity index (χ1) is 8.13. The van der Waals surface area contributed by atoms with Gasteiger partial charge in [-0.3, -0.25) is 0 Å². The number of benzene rings is 1. The molecule has 0 saturated heterocycles. The molecule has 0 spiro atoms. The van der Waals surface area contributed by atoms with Crippen LogP contribution in [0.25, 0.3) is 5.69 Å². The lowest BCUT2D eigenvalue weighted by Crippen LogP contribution is -2.04. The molecule has 1 aromatic carbocycles. The maximum Gasteiger partial charge on any atom is 0.174 e. The molecule has 1 aromatic heterocycles. The Labute approximate surface area is 112 Å². The van der Waals surface area contributed by atoms with Crippen molar-refractivity contribution < 1.29 is 4.74 Å². The minimum atomic E-state index is -0.275. The van der Waals surface area contributed by atoms with Crippen molar-refractivity contribution in [2.24, 2.45) is 0 Å². The summed E-state index contributed by atoms with van der Waals surface area (Å²) in [6.07, 6.45) is 0. The molecule has 0 aliphatic heterocycles. The summed E-state index contributed by atoms with van der Waals surface area (Å²) in [5.41, 5.74) is 0.789. The third kappa shape index (κ3) is 2.42. The van der Waals surface area contributed by atoms with Crippen LogP contribution in [-0.2, 0) is 0 Å². The van der Waals surface area contributed by atoms with Gasteiger partial charge in [0.2, 0.25) is 0 Å². The molecule has 0 fully saturated rings. The number of halogens is 2. The van der Waals surface area contributed by atoms with E-state index in [1.165, 1.54) is 0 Å². The molecule has 5 nitrogen and oxygen atoms in total. The van der Waals surface area contributed by atoms with Crippen molar-refractivity contribution in [1.29, 1.82) is 0 Å². The standard InChI is InChI=1S/C10H10BrClN4O/c1-6(12)10-13-14-15-16(10)9-5-7(17-2)3-4-8(9)11/h3-6H,1-2H3. The molecule has 7 heteroatoms. The zero-order valence-corrected chi connectivity index (χ0v) is 11.6. The van der Waals surface area contributed by atoms with E-state index in [9.17, 15) is 0 Å². The van der Waals surface area contributed by atoms with Crippen LogP contribution in [0.4, 0.5) is 0 Å². The summed E-state index contributed by atoms with van der Waals surface area (Å²) in [6, 6.07) is 5.56. The van der Waals surface area contributed by atoms with Crippen molar-refractivity contribution in [1.82, 2.24) is 20.2 Å². The van der Waals surface area contributed by atoms with Gasteiger partial charge in [-0.15, -0.1) is 16.7 Å². The number of ether oxygens (including phenoxy) is 1. The van der Waals surface area contributed by atoms with Gasteiger partial charge in [-0.05, 0) is 45.4 Å². The van der Waals surface area contributed by atoms with E-state index < -0.39 is 0 Å². The molecule has 0 aliphatic carbocycles. The highest BCUT2D eigenvalue weighted by Crippen LogP contribution is 2.28. The fraction of sp³-hybridized carbons (Fsp3) is 0.300. The van der Waals surface area contributed by atoms with E-state index in [2.05, 4.69) is 31.5 Å². The molecule has 1 unspecified atom stereocenters. The molecule has 90 valence electrons. The van der Waals surface area contributed by atoms with Crippen molar-refractivity contribution in [3.8, 4) is 11.4 Å². The van der Waals surface area contributed by atoms with Crippen LogP contribution in [0, 0.1) is 0 Å². The van der Waals surface area contributed by atoms with E-state index in [0.29, 0.717) is 5.82 Å². The van der Waals surface area contributed by atoms with Crippen LogP contribution in [0.1, 0.15) is 18.1 Å². The van der Waals surface area contributed by atoms with Crippen LogP contribution >= 0.6 is 27.5 Å². The molecular formula is C10H10BrClN4O. The normalized spacial score (nSPS) is 12.5. The molecule has 1 heterocycles. The molecular weight excluding hydrogens is 307 g/mol. The highest BCUT2D eigenvalue weighted by atomic mass is 79.9. The first-order valence-corrected chi connectivity index (χ1v) is 6.12. The summed E-state index contributed by atoms with van der Waals surface area (Å²) in [4.78, 5) is 0. The summed E-state index contributed by atoms with van der Waals surface area (Å²) >= 11 is 9.46. The van der Waals surface area contributed by atoms with Gasteiger partial charge in [-0.2, -0.15) is 4.68 Å². The molecule has 0 aliphatic rings. The van der Waals surface area contributed by atoms with Crippen LogP contribution in [0.15, 0.2) is 22.7 Å². The van der Waals surface area contributed by atoms with Crippen LogP contribution in [-0.4, -0.2) is 27.3 Å². The third-order valence-corrected chi connectivity index (χ3v) is 3.10. The zero-order valence-electron chi connectivity index (χ0n) is 9.26. The number of tetrazole rings is 1. The molecule has 2 aromatic rings. The number of nitrogens with zero attached hydrogens (tertiary/aromatic N) is 4. The monoisotopic (exact) mass is 316 g/mol. The van der Waals surface area contributed by atoms with Gasteiger partial charge in [0.1, 0.15) is 5.75 Å². The van der Waals surface area contributed by atoms with E-state index in [4.69, 9.17) is 16.3 Å². The lowest BCUT2D eigenvalue weighted by Gasteiger charge is -2.09. The highest BCUT2D eigenvalue weighted by Gasteiger charge is 2.15. The Morgan fingerprint density at radius 1 is 1.47 bits per heavy atom. The Morgan fingerprint density at radius 3 is 2.88 bits per heavy atom. The number of hydrogen-bond acceptors (Lipinski definition) is 4. The number of methoxy groups -OCH3 is 1. The third-order valence-electron chi connectivity index (χ3n) is 2.23. The Morgan fingerprint density at radius 2 is 2.24 bits per heavy atom. The van der Waals surface area contributed by atoms with Crippen molar-refractivity contribution >= 4 is 27.5 Å². The predicted molar refractivity (Wildman–Crippen MR) is 67.7 cm³/mol. The summed E-state index contributed by atoms with van der Waals surface area (Å²) in [7, 11) is 1.61. The quantitative estimate of drug-likeness (QED) is 0.817. The Hall–Kier alpha value is -1.14. The van der Waals surface area contributed by atoms with Gasteiger partial charge in [0.25, 0.3) is 0 Å². The summed E-state index contributed by atoms with van der Waals surface area (Å²) in [5, 5.41) is 11.2. The second-order valence-electron chi connectivity index (χ2n) is 3.38. The molecule has 1 atom stereocenters. The highest BCUT2D eigenvalue weighted by molar-refractivity contribution is 9.10. The van der Waals surface area contributed by atoms with Gasteiger partial charge in [0.15, 0.2) is 5.82 Å². The molecule has 0 saturated carbocycles. The Bertz CT molecular complexity index is 529. The van der Waals surface area contributed by atoms with Crippen molar-refractivity contribution in [2.45, 2.75) is 12.3 Å². The van der Waals surface area contributed by atoms with Gasteiger partial charge in [0, 0.05) is 10.5 Å². The lowest BCUT2D eigenvalue weighted by molar-refractivity contribution is 0.414. The van der Waals surface area contributed by atoms with Gasteiger partial charge >= 0.3 is 0 Å². The van der Waals surface area contributed by atoms with Crippen LogP contribution in [0.2, 0.25) is 0 Å². The maximum absolute atomic E-state index is 6.02. The van der Waals surface area contributed by atoms with Gasteiger partial charge in [-0.1, -0.05) is 0 Å². The molecule has 0 bridgehead atoms. The van der Waals surface area contributed by atoms with Gasteiger partial charge < -0.3 is 4.74 Å². The number of rotatable bonds is 3. The first-order valence-electron chi connectivity index (χ1n) is 4.89. The van der Waals surface area contributed by atoms with E-state index >= 15 is 0 Å². The number of hydrogen-bond donors (Lipinski definition) is 0. The smallest absolute Gasteiger partial charge is 0.174 e. The van der Waals surface area contributed by atoms with Crippen LogP contribution < -0.4 is 4.74 Å². The second-order valence-corrected chi connectivity index (χ2v) is 4.89. The van der Waals surface area contributed by atoms with Crippen LogP contribution in [0.5, 0.6) is 5.75 Å². The van der Waals surface area contributed by atoms with Crippen molar-refractivity contribution in [2.75, 3.05) is 7.11 Å². The fourth-order valence-corrected chi connectivity index (χ4v) is 1.95. The van der Waals surface area contributed by atoms with Gasteiger partial charge in [-0.25, -0.2) is 0 Å². The van der Waals surface area contributed by atoms with E-state index in [-0.39, 0.29) is 5.38 Å². The average molecular weight is 318 g/mol. The Balaban J connectivity index is 2.55. The minimum absolute atomic E-state index is 0.275. The average Bonchev–Trinajstić information content (AvgIpc) is 2.78. The molecule has 2 rings (SSSR count). The summed E-state index contributed by atoms with van der Waals surface area (Å²) < 4.78 is 7.63. The summed E-state index contributed by atoms with van der Waals surface area (Å²) in [5.74, 6) is 1.31. The Kier molecular flexibility index (Phi) is 3.63. The number of alkyl halides is 1. The first kappa shape index (κ1) is 12.3.